The van der Waals surface area contributed by atoms with E-state index in [1.54, 1.807) is 29.9 Å². The van der Waals surface area contributed by atoms with Crippen molar-refractivity contribution in [2.75, 3.05) is 5.32 Å². The zero-order chi connectivity index (χ0) is 18.9. The van der Waals surface area contributed by atoms with Crippen molar-refractivity contribution in [3.8, 4) is 11.4 Å². The minimum absolute atomic E-state index is 0.0602. The Balaban J connectivity index is 2.00. The van der Waals surface area contributed by atoms with Crippen LogP contribution >= 0.6 is 0 Å². The Morgan fingerprint density at radius 1 is 1.15 bits per heavy atom. The molecule has 0 bridgehead atoms. The lowest BCUT2D eigenvalue weighted by Crippen LogP contribution is -2.12. The van der Waals surface area contributed by atoms with Gasteiger partial charge in [-0.05, 0) is 42.5 Å². The second-order valence-corrected chi connectivity index (χ2v) is 5.47. The minimum atomic E-state index is -4.63. The fourth-order valence-electron chi connectivity index (χ4n) is 2.33. The van der Waals surface area contributed by atoms with Crippen LogP contribution < -0.4 is 5.32 Å². The molecule has 2 N–H and O–H groups in total. The molecule has 3 rings (SSSR count). The van der Waals surface area contributed by atoms with Crippen molar-refractivity contribution in [3.05, 3.63) is 59.9 Å². The SMILES string of the molecule is Cn1cccc1-c1cc(C(F)(F)F)nc(Nc2ccc(C(=O)O)cc2)n1. The van der Waals surface area contributed by atoms with E-state index < -0.39 is 17.8 Å². The third kappa shape index (κ3) is 3.66. The van der Waals surface area contributed by atoms with E-state index in [1.807, 2.05) is 0 Å². The summed E-state index contributed by atoms with van der Waals surface area (Å²) in [6, 6.07) is 9.74. The molecule has 9 heteroatoms. The normalized spacial score (nSPS) is 11.4. The maximum absolute atomic E-state index is 13.2. The fraction of sp³-hybridized carbons (Fsp3) is 0.118. The standard InChI is InChI=1S/C17H13F3N4O2/c1-24-8-2-3-13(24)12-9-14(17(18,19)20)23-16(22-12)21-11-6-4-10(5-7-11)15(25)26/h2-9H,1H3,(H,25,26)(H,21,22,23). The first kappa shape index (κ1) is 17.5. The van der Waals surface area contributed by atoms with Gasteiger partial charge in [-0.3, -0.25) is 0 Å². The van der Waals surface area contributed by atoms with Crippen molar-refractivity contribution in [1.82, 2.24) is 14.5 Å². The van der Waals surface area contributed by atoms with Gasteiger partial charge >= 0.3 is 12.1 Å². The van der Waals surface area contributed by atoms with E-state index in [1.165, 1.54) is 24.3 Å². The summed E-state index contributed by atoms with van der Waals surface area (Å²) in [6.45, 7) is 0. The lowest BCUT2D eigenvalue weighted by Gasteiger charge is -2.12. The molecule has 0 aliphatic carbocycles. The summed E-state index contributed by atoms with van der Waals surface area (Å²) in [7, 11) is 1.70. The predicted molar refractivity (Wildman–Crippen MR) is 88.1 cm³/mol. The van der Waals surface area contributed by atoms with Gasteiger partial charge in [0.05, 0.1) is 17.0 Å². The average molecular weight is 362 g/mol. The number of aromatic nitrogens is 3. The summed E-state index contributed by atoms with van der Waals surface area (Å²) in [5.74, 6) is -1.34. The Hall–Kier alpha value is -3.36. The topological polar surface area (TPSA) is 80.0 Å². The molecule has 2 aromatic heterocycles. The quantitative estimate of drug-likeness (QED) is 0.735. The first-order valence-corrected chi connectivity index (χ1v) is 7.42. The van der Waals surface area contributed by atoms with Gasteiger partial charge in [0.25, 0.3) is 0 Å². The zero-order valence-corrected chi connectivity index (χ0v) is 13.4. The van der Waals surface area contributed by atoms with Crippen molar-refractivity contribution in [2.45, 2.75) is 6.18 Å². The second kappa shape index (κ2) is 6.51. The number of hydrogen-bond donors (Lipinski definition) is 2. The van der Waals surface area contributed by atoms with Crippen LogP contribution in [0.15, 0.2) is 48.7 Å². The van der Waals surface area contributed by atoms with Crippen LogP contribution in [0.1, 0.15) is 16.1 Å². The molecule has 0 aliphatic rings. The number of aryl methyl sites for hydroxylation is 1. The molecule has 2 heterocycles. The number of alkyl halides is 3. The van der Waals surface area contributed by atoms with Crippen LogP contribution in [0.25, 0.3) is 11.4 Å². The summed E-state index contributed by atoms with van der Waals surface area (Å²) < 4.78 is 41.2. The van der Waals surface area contributed by atoms with Gasteiger partial charge in [-0.15, -0.1) is 0 Å². The molecule has 0 fully saturated rings. The number of anilines is 2. The fourth-order valence-corrected chi connectivity index (χ4v) is 2.33. The lowest BCUT2D eigenvalue weighted by atomic mass is 10.2. The zero-order valence-electron chi connectivity index (χ0n) is 13.4. The average Bonchev–Trinajstić information content (AvgIpc) is 3.00. The third-order valence-corrected chi connectivity index (χ3v) is 3.61. The van der Waals surface area contributed by atoms with Crippen molar-refractivity contribution in [1.29, 1.82) is 0 Å². The van der Waals surface area contributed by atoms with E-state index in [9.17, 15) is 18.0 Å². The van der Waals surface area contributed by atoms with Gasteiger partial charge in [0.1, 0.15) is 0 Å². The molecule has 6 nitrogen and oxygen atoms in total. The Morgan fingerprint density at radius 3 is 2.38 bits per heavy atom. The Bertz CT molecular complexity index is 949. The molecule has 0 radical (unpaired) electrons. The van der Waals surface area contributed by atoms with Crippen LogP contribution in [0.5, 0.6) is 0 Å². The summed E-state index contributed by atoms with van der Waals surface area (Å²) in [6.07, 6.45) is -2.94. The Labute approximate surface area is 146 Å². The van der Waals surface area contributed by atoms with Gasteiger partial charge < -0.3 is 15.0 Å². The molecule has 0 atom stereocenters. The molecule has 0 aliphatic heterocycles. The molecule has 3 aromatic rings. The molecule has 0 spiro atoms. The number of aromatic carboxylic acids is 1. The predicted octanol–water partition coefficient (Wildman–Crippen LogP) is 3.94. The van der Waals surface area contributed by atoms with Gasteiger partial charge in [0, 0.05) is 18.9 Å². The first-order valence-electron chi connectivity index (χ1n) is 7.42. The molecule has 0 saturated heterocycles. The molecule has 134 valence electrons. The number of halogens is 3. The monoisotopic (exact) mass is 362 g/mol. The number of nitrogens with zero attached hydrogens (tertiary/aromatic N) is 3. The van der Waals surface area contributed by atoms with Gasteiger partial charge in [-0.2, -0.15) is 13.2 Å². The van der Waals surface area contributed by atoms with Crippen molar-refractivity contribution in [3.63, 3.8) is 0 Å². The van der Waals surface area contributed by atoms with Crippen LogP contribution in [-0.4, -0.2) is 25.6 Å². The minimum Gasteiger partial charge on any atom is -0.478 e. The summed E-state index contributed by atoms with van der Waals surface area (Å²) in [4.78, 5) is 18.5. The molecular weight excluding hydrogens is 349 g/mol. The van der Waals surface area contributed by atoms with Crippen LogP contribution in [0.4, 0.5) is 24.8 Å². The van der Waals surface area contributed by atoms with E-state index in [0.29, 0.717) is 11.4 Å². The molecular formula is C17H13F3N4O2. The van der Waals surface area contributed by atoms with Crippen LogP contribution in [0, 0.1) is 0 Å². The summed E-state index contributed by atoms with van der Waals surface area (Å²) in [5, 5.41) is 11.6. The van der Waals surface area contributed by atoms with Gasteiger partial charge in [-0.1, -0.05) is 0 Å². The molecule has 26 heavy (non-hydrogen) atoms. The van der Waals surface area contributed by atoms with E-state index in [-0.39, 0.29) is 17.2 Å². The van der Waals surface area contributed by atoms with Crippen LogP contribution in [0.3, 0.4) is 0 Å². The molecule has 0 saturated carbocycles. The van der Waals surface area contributed by atoms with E-state index in [2.05, 4.69) is 15.3 Å². The van der Waals surface area contributed by atoms with Gasteiger partial charge in [-0.25, -0.2) is 14.8 Å². The van der Waals surface area contributed by atoms with Gasteiger partial charge in [0.15, 0.2) is 5.69 Å². The molecule has 0 amide bonds. The highest BCUT2D eigenvalue weighted by Crippen LogP contribution is 2.31. The summed E-state index contributed by atoms with van der Waals surface area (Å²) in [5.41, 5.74) is -0.0304. The van der Waals surface area contributed by atoms with E-state index in [0.717, 1.165) is 6.07 Å². The number of rotatable bonds is 4. The smallest absolute Gasteiger partial charge is 0.433 e. The van der Waals surface area contributed by atoms with Crippen molar-refractivity contribution in [2.24, 2.45) is 7.05 Å². The highest BCUT2D eigenvalue weighted by atomic mass is 19.4. The van der Waals surface area contributed by atoms with Gasteiger partial charge in [0.2, 0.25) is 5.95 Å². The van der Waals surface area contributed by atoms with Crippen molar-refractivity contribution >= 4 is 17.6 Å². The van der Waals surface area contributed by atoms with Crippen molar-refractivity contribution < 1.29 is 23.1 Å². The maximum atomic E-state index is 13.2. The number of benzene rings is 1. The van der Waals surface area contributed by atoms with Crippen LogP contribution in [0.2, 0.25) is 0 Å². The summed E-state index contributed by atoms with van der Waals surface area (Å²) >= 11 is 0. The highest BCUT2D eigenvalue weighted by molar-refractivity contribution is 5.88. The highest BCUT2D eigenvalue weighted by Gasteiger charge is 2.34. The number of nitrogens with one attached hydrogen (secondary N) is 1. The third-order valence-electron chi connectivity index (χ3n) is 3.61. The Kier molecular flexibility index (Phi) is 4.37. The largest absolute Gasteiger partial charge is 0.478 e. The molecule has 0 unspecified atom stereocenters. The Morgan fingerprint density at radius 2 is 1.85 bits per heavy atom. The van der Waals surface area contributed by atoms with E-state index in [4.69, 9.17) is 5.11 Å². The maximum Gasteiger partial charge on any atom is 0.433 e. The number of carboxylic acids is 1. The molecule has 1 aromatic carbocycles. The first-order chi connectivity index (χ1) is 12.2. The number of hydrogen-bond acceptors (Lipinski definition) is 4. The number of carboxylic acid groups (broad SMARTS) is 1. The number of carbonyl (C=O) groups is 1. The second-order valence-electron chi connectivity index (χ2n) is 5.47. The lowest BCUT2D eigenvalue weighted by molar-refractivity contribution is -0.141. The van der Waals surface area contributed by atoms with E-state index >= 15 is 0 Å². The van der Waals surface area contributed by atoms with Crippen LogP contribution in [-0.2, 0) is 13.2 Å².